The molecule has 4 nitrogen and oxygen atoms in total. The number of piperidine rings is 1. The molecule has 2 aromatic carbocycles. The van der Waals surface area contributed by atoms with Gasteiger partial charge in [-0.15, -0.1) is 0 Å². The molecule has 5 heteroatoms. The average molecular weight is 431 g/mol. The third-order valence-corrected chi connectivity index (χ3v) is 6.37. The summed E-state index contributed by atoms with van der Waals surface area (Å²) < 4.78 is 5.71. The second kappa shape index (κ2) is 10.5. The zero-order valence-electron chi connectivity index (χ0n) is 18.5. The van der Waals surface area contributed by atoms with Crippen LogP contribution in [0.2, 0.25) is 5.02 Å². The fourth-order valence-electron chi connectivity index (χ4n) is 3.98. The maximum absolute atomic E-state index is 11.1. The lowest BCUT2D eigenvalue weighted by molar-refractivity contribution is -0.0254. The van der Waals surface area contributed by atoms with E-state index in [1.54, 1.807) is 0 Å². The zero-order valence-corrected chi connectivity index (χ0v) is 19.2. The van der Waals surface area contributed by atoms with Crippen LogP contribution in [0.3, 0.4) is 0 Å². The molecule has 1 fully saturated rings. The Hall–Kier alpha value is -1.75. The number of rotatable bonds is 9. The van der Waals surface area contributed by atoms with Crippen LogP contribution in [0.25, 0.3) is 0 Å². The van der Waals surface area contributed by atoms with Crippen molar-refractivity contribution >= 4 is 17.3 Å². The van der Waals surface area contributed by atoms with E-state index in [9.17, 15) is 5.11 Å². The molecule has 30 heavy (non-hydrogen) atoms. The lowest BCUT2D eigenvalue weighted by atomic mass is 9.88. The highest BCUT2D eigenvalue weighted by Crippen LogP contribution is 2.28. The van der Waals surface area contributed by atoms with Crippen LogP contribution >= 0.6 is 11.6 Å². The normalized spacial score (nSPS) is 16.6. The Labute approximate surface area is 186 Å². The summed E-state index contributed by atoms with van der Waals surface area (Å²) in [4.78, 5) is 4.65. The van der Waals surface area contributed by atoms with Crippen molar-refractivity contribution in [2.24, 2.45) is 0 Å². The molecule has 0 atom stereocenters. The van der Waals surface area contributed by atoms with Crippen LogP contribution in [0, 0.1) is 0 Å². The first-order chi connectivity index (χ1) is 14.3. The Balaban J connectivity index is 1.42. The van der Waals surface area contributed by atoms with Crippen molar-refractivity contribution in [2.75, 3.05) is 38.1 Å². The second-order valence-corrected chi connectivity index (χ2v) is 9.15. The van der Waals surface area contributed by atoms with Gasteiger partial charge in [0.2, 0.25) is 0 Å². The van der Waals surface area contributed by atoms with Crippen molar-refractivity contribution in [1.29, 1.82) is 0 Å². The fourth-order valence-corrected chi connectivity index (χ4v) is 4.21. The van der Waals surface area contributed by atoms with E-state index in [0.717, 1.165) is 68.3 Å². The number of ether oxygens (including phenoxy) is 1. The van der Waals surface area contributed by atoms with Crippen LogP contribution in [-0.2, 0) is 6.42 Å². The molecular weight excluding hydrogens is 396 g/mol. The van der Waals surface area contributed by atoms with Crippen molar-refractivity contribution < 1.29 is 9.84 Å². The topological polar surface area (TPSA) is 35.9 Å². The van der Waals surface area contributed by atoms with Gasteiger partial charge in [0.05, 0.1) is 11.7 Å². The van der Waals surface area contributed by atoms with E-state index in [2.05, 4.69) is 35.0 Å². The smallest absolute Gasteiger partial charge is 0.119 e. The van der Waals surface area contributed by atoms with Gasteiger partial charge in [0, 0.05) is 43.9 Å². The predicted molar refractivity (Wildman–Crippen MR) is 126 cm³/mol. The minimum absolute atomic E-state index is 0.179. The first kappa shape index (κ1) is 22.9. The molecule has 0 spiro atoms. The first-order valence-electron chi connectivity index (χ1n) is 11.0. The Morgan fingerprint density at radius 2 is 1.77 bits per heavy atom. The summed E-state index contributed by atoms with van der Waals surface area (Å²) in [5, 5.41) is 11.9. The molecule has 0 unspecified atom stereocenters. The third-order valence-electron chi connectivity index (χ3n) is 6.00. The van der Waals surface area contributed by atoms with Crippen molar-refractivity contribution in [3.8, 4) is 5.75 Å². The fraction of sp³-hybridized carbons (Fsp3) is 0.520. The van der Waals surface area contributed by atoms with Crippen molar-refractivity contribution in [3.05, 3.63) is 59.1 Å². The molecule has 0 aromatic heterocycles. The molecule has 1 heterocycles. The molecule has 0 aliphatic carbocycles. The Morgan fingerprint density at radius 3 is 2.40 bits per heavy atom. The van der Waals surface area contributed by atoms with E-state index in [-0.39, 0.29) is 6.10 Å². The van der Waals surface area contributed by atoms with Crippen molar-refractivity contribution in [1.82, 2.24) is 4.90 Å². The lowest BCUT2D eigenvalue weighted by Crippen LogP contribution is -2.46. The standard InChI is InChI=1S/C25H35ClN2O2/c1-20(2)30-23-10-8-22(9-11-23)27(3)17-13-25(29)14-18-28(19-15-25)16-12-21-6-4-5-7-24(21)26/h4-11,20,29H,12-19H2,1-3H3. The van der Waals surface area contributed by atoms with E-state index in [4.69, 9.17) is 16.3 Å². The summed E-state index contributed by atoms with van der Waals surface area (Å²) in [5.74, 6) is 0.893. The van der Waals surface area contributed by atoms with Gasteiger partial charge in [-0.1, -0.05) is 29.8 Å². The molecule has 0 bridgehead atoms. The number of hydrogen-bond donors (Lipinski definition) is 1. The first-order valence-corrected chi connectivity index (χ1v) is 11.4. The Kier molecular flexibility index (Phi) is 8.04. The lowest BCUT2D eigenvalue weighted by Gasteiger charge is -2.39. The van der Waals surface area contributed by atoms with Gasteiger partial charge in [0.1, 0.15) is 5.75 Å². The Bertz CT molecular complexity index is 786. The van der Waals surface area contributed by atoms with Crippen LogP contribution in [0.5, 0.6) is 5.75 Å². The van der Waals surface area contributed by atoms with E-state index < -0.39 is 5.60 Å². The molecule has 164 valence electrons. The number of aliphatic hydroxyl groups is 1. The number of nitrogens with zero attached hydrogens (tertiary/aromatic N) is 2. The largest absolute Gasteiger partial charge is 0.491 e. The maximum Gasteiger partial charge on any atom is 0.119 e. The second-order valence-electron chi connectivity index (χ2n) is 8.74. The molecule has 0 radical (unpaired) electrons. The molecule has 0 saturated carbocycles. The van der Waals surface area contributed by atoms with Crippen LogP contribution in [0.4, 0.5) is 5.69 Å². The van der Waals surface area contributed by atoms with Gasteiger partial charge in [-0.05, 0) is 75.4 Å². The number of halogens is 1. The number of hydrogen-bond acceptors (Lipinski definition) is 4. The third kappa shape index (κ3) is 6.63. The zero-order chi connectivity index (χ0) is 21.6. The Morgan fingerprint density at radius 1 is 1.10 bits per heavy atom. The van der Waals surface area contributed by atoms with Gasteiger partial charge in [-0.3, -0.25) is 0 Å². The number of benzene rings is 2. The minimum atomic E-state index is -0.574. The summed E-state index contributed by atoms with van der Waals surface area (Å²) in [7, 11) is 2.08. The molecular formula is C25H35ClN2O2. The summed E-state index contributed by atoms with van der Waals surface area (Å²) in [6.45, 7) is 7.76. The van der Waals surface area contributed by atoms with Gasteiger partial charge in [-0.2, -0.15) is 0 Å². The molecule has 1 N–H and O–H groups in total. The quantitative estimate of drug-likeness (QED) is 0.605. The molecule has 1 aliphatic heterocycles. The number of likely N-dealkylation sites (tertiary alicyclic amines) is 1. The predicted octanol–water partition coefficient (Wildman–Crippen LogP) is 5.02. The SMILES string of the molecule is CC(C)Oc1ccc(N(C)CCC2(O)CCN(CCc3ccccc3Cl)CC2)cc1. The molecule has 1 aliphatic rings. The summed E-state index contributed by atoms with van der Waals surface area (Å²) in [6.07, 6.45) is 3.57. The van der Waals surface area contributed by atoms with Gasteiger partial charge in [-0.25, -0.2) is 0 Å². The highest BCUT2D eigenvalue weighted by Gasteiger charge is 2.32. The monoisotopic (exact) mass is 430 g/mol. The van der Waals surface area contributed by atoms with Crippen molar-refractivity contribution in [3.63, 3.8) is 0 Å². The van der Waals surface area contributed by atoms with Crippen LogP contribution < -0.4 is 9.64 Å². The molecule has 0 amide bonds. The van der Waals surface area contributed by atoms with E-state index in [0.29, 0.717) is 0 Å². The average Bonchev–Trinajstić information content (AvgIpc) is 2.73. The maximum atomic E-state index is 11.1. The minimum Gasteiger partial charge on any atom is -0.491 e. The summed E-state index contributed by atoms with van der Waals surface area (Å²) in [6, 6.07) is 16.2. The van der Waals surface area contributed by atoms with E-state index >= 15 is 0 Å². The van der Waals surface area contributed by atoms with E-state index in [1.165, 1.54) is 5.56 Å². The van der Waals surface area contributed by atoms with Gasteiger partial charge < -0.3 is 19.6 Å². The van der Waals surface area contributed by atoms with Crippen LogP contribution in [0.1, 0.15) is 38.7 Å². The summed E-state index contributed by atoms with van der Waals surface area (Å²) in [5.41, 5.74) is 1.77. The highest BCUT2D eigenvalue weighted by atomic mass is 35.5. The van der Waals surface area contributed by atoms with Crippen LogP contribution in [-0.4, -0.2) is 54.9 Å². The number of anilines is 1. The van der Waals surface area contributed by atoms with Crippen LogP contribution in [0.15, 0.2) is 48.5 Å². The molecule has 3 rings (SSSR count). The van der Waals surface area contributed by atoms with Gasteiger partial charge in [0.25, 0.3) is 0 Å². The van der Waals surface area contributed by atoms with E-state index in [1.807, 2.05) is 44.2 Å². The molecule has 1 saturated heterocycles. The highest BCUT2D eigenvalue weighted by molar-refractivity contribution is 6.31. The molecule has 2 aromatic rings. The van der Waals surface area contributed by atoms with Gasteiger partial charge in [0.15, 0.2) is 0 Å². The van der Waals surface area contributed by atoms with Gasteiger partial charge >= 0.3 is 0 Å². The summed E-state index contributed by atoms with van der Waals surface area (Å²) >= 11 is 6.27. The van der Waals surface area contributed by atoms with Crippen molar-refractivity contribution in [2.45, 2.75) is 51.2 Å².